The van der Waals surface area contributed by atoms with Crippen LogP contribution in [-0.2, 0) is 9.31 Å². The maximum absolute atomic E-state index is 5.95. The summed E-state index contributed by atoms with van der Waals surface area (Å²) in [6, 6.07) is 3.91. The van der Waals surface area contributed by atoms with Crippen molar-refractivity contribution >= 4 is 24.1 Å². The minimum atomic E-state index is -0.353. The van der Waals surface area contributed by atoms with Crippen LogP contribution in [0.4, 0.5) is 0 Å². The molecule has 1 aliphatic heterocycles. The van der Waals surface area contributed by atoms with E-state index < -0.39 is 0 Å². The summed E-state index contributed by atoms with van der Waals surface area (Å²) in [4.78, 5) is 8.65. The lowest BCUT2D eigenvalue weighted by Gasteiger charge is -2.32. The van der Waals surface area contributed by atoms with Gasteiger partial charge in [-0.05, 0) is 39.8 Å². The number of pyridine rings is 2. The van der Waals surface area contributed by atoms with Crippen molar-refractivity contribution < 1.29 is 9.31 Å². The topological polar surface area (TPSA) is 44.2 Å². The third kappa shape index (κ3) is 2.59. The van der Waals surface area contributed by atoms with E-state index in [4.69, 9.17) is 9.31 Å². The molecule has 2 aromatic heterocycles. The number of rotatable bonds is 2. The van der Waals surface area contributed by atoms with Gasteiger partial charge >= 0.3 is 7.12 Å². The minimum absolute atomic E-state index is 0.322. The first kappa shape index (κ1) is 14.2. The van der Waals surface area contributed by atoms with Crippen molar-refractivity contribution in [2.24, 2.45) is 0 Å². The fourth-order valence-electron chi connectivity index (χ4n) is 2.29. The highest BCUT2D eigenvalue weighted by atomic mass is 16.7. The maximum Gasteiger partial charge on any atom is 0.487 e. The quantitative estimate of drug-likeness (QED) is 0.793. The predicted octanol–water partition coefficient (Wildman–Crippen LogP) is 3.27. The molecular formula is C16H19BN2O2. The van der Waals surface area contributed by atoms with Gasteiger partial charge in [-0.3, -0.25) is 9.97 Å². The Kier molecular flexibility index (Phi) is 3.34. The molecule has 0 N–H and O–H groups in total. The molecular weight excluding hydrogens is 263 g/mol. The van der Waals surface area contributed by atoms with Crippen molar-refractivity contribution in [3.05, 3.63) is 42.3 Å². The Hall–Kier alpha value is -1.72. The van der Waals surface area contributed by atoms with Crippen molar-refractivity contribution in [3.63, 3.8) is 0 Å². The van der Waals surface area contributed by atoms with Gasteiger partial charge in [-0.25, -0.2) is 0 Å². The Morgan fingerprint density at radius 1 is 1.10 bits per heavy atom. The van der Waals surface area contributed by atoms with Gasteiger partial charge in [0.15, 0.2) is 0 Å². The van der Waals surface area contributed by atoms with Crippen molar-refractivity contribution in [1.82, 2.24) is 9.97 Å². The van der Waals surface area contributed by atoms with E-state index in [9.17, 15) is 0 Å². The van der Waals surface area contributed by atoms with E-state index in [-0.39, 0.29) is 18.3 Å². The molecule has 0 spiro atoms. The van der Waals surface area contributed by atoms with Crippen LogP contribution in [0.1, 0.15) is 33.3 Å². The standard InChI is InChI=1S/C16H19BN2O2/c1-15(2)16(3,4)21-17(20-15)8-7-13-11-18-10-12-6-5-9-19-14(12)13/h5-11H,1-4H3/b8-7+. The second kappa shape index (κ2) is 4.93. The fourth-order valence-corrected chi connectivity index (χ4v) is 2.29. The zero-order valence-electron chi connectivity index (χ0n) is 12.8. The lowest BCUT2D eigenvalue weighted by molar-refractivity contribution is 0.00578. The summed E-state index contributed by atoms with van der Waals surface area (Å²) in [6.45, 7) is 8.17. The summed E-state index contributed by atoms with van der Waals surface area (Å²) < 4.78 is 11.9. The van der Waals surface area contributed by atoms with E-state index in [1.165, 1.54) is 0 Å². The molecule has 3 heterocycles. The van der Waals surface area contributed by atoms with Crippen LogP contribution in [0.25, 0.3) is 17.0 Å². The van der Waals surface area contributed by atoms with Gasteiger partial charge in [-0.15, -0.1) is 0 Å². The number of aromatic nitrogens is 2. The first-order valence-corrected chi connectivity index (χ1v) is 7.12. The van der Waals surface area contributed by atoms with Crippen LogP contribution < -0.4 is 0 Å². The molecule has 1 saturated heterocycles. The first-order valence-electron chi connectivity index (χ1n) is 7.12. The summed E-state index contributed by atoms with van der Waals surface area (Å²) in [5, 5.41) is 1.02. The summed E-state index contributed by atoms with van der Waals surface area (Å²) in [7, 11) is -0.353. The van der Waals surface area contributed by atoms with E-state index in [2.05, 4.69) is 9.97 Å². The van der Waals surface area contributed by atoms with Gasteiger partial charge in [-0.1, -0.05) is 12.1 Å². The van der Waals surface area contributed by atoms with Crippen LogP contribution in [0, 0.1) is 0 Å². The number of fused-ring (bicyclic) bond motifs is 1. The molecule has 21 heavy (non-hydrogen) atoms. The first-order chi connectivity index (χ1) is 9.89. The summed E-state index contributed by atoms with van der Waals surface area (Å²) >= 11 is 0. The third-order valence-electron chi connectivity index (χ3n) is 4.24. The average molecular weight is 282 g/mol. The van der Waals surface area contributed by atoms with Gasteiger partial charge in [0, 0.05) is 29.5 Å². The Labute approximate surface area is 125 Å². The highest BCUT2D eigenvalue weighted by molar-refractivity contribution is 6.52. The monoisotopic (exact) mass is 282 g/mol. The second-order valence-electron chi connectivity index (χ2n) is 6.29. The van der Waals surface area contributed by atoms with Crippen LogP contribution in [0.3, 0.4) is 0 Å². The number of hydrogen-bond acceptors (Lipinski definition) is 4. The normalized spacial score (nSPS) is 20.5. The second-order valence-corrected chi connectivity index (χ2v) is 6.29. The van der Waals surface area contributed by atoms with E-state index in [0.29, 0.717) is 0 Å². The van der Waals surface area contributed by atoms with Crippen LogP contribution in [-0.4, -0.2) is 28.3 Å². The lowest BCUT2D eigenvalue weighted by atomic mass is 9.89. The van der Waals surface area contributed by atoms with Gasteiger partial charge < -0.3 is 9.31 Å². The molecule has 0 saturated carbocycles. The van der Waals surface area contributed by atoms with Gasteiger partial charge in [0.2, 0.25) is 0 Å². The van der Waals surface area contributed by atoms with Crippen LogP contribution in [0.15, 0.2) is 36.7 Å². The minimum Gasteiger partial charge on any atom is -0.400 e. The molecule has 1 aliphatic rings. The zero-order chi connectivity index (χ0) is 15.1. The van der Waals surface area contributed by atoms with Gasteiger partial charge in [0.1, 0.15) is 0 Å². The van der Waals surface area contributed by atoms with Crippen LogP contribution in [0.2, 0.25) is 0 Å². The molecule has 0 radical (unpaired) electrons. The van der Waals surface area contributed by atoms with Gasteiger partial charge in [-0.2, -0.15) is 0 Å². The molecule has 0 unspecified atom stereocenters. The van der Waals surface area contributed by atoms with Crippen molar-refractivity contribution in [3.8, 4) is 0 Å². The number of nitrogens with zero attached hydrogens (tertiary/aromatic N) is 2. The molecule has 2 aromatic rings. The van der Waals surface area contributed by atoms with Crippen LogP contribution in [0.5, 0.6) is 0 Å². The Morgan fingerprint density at radius 2 is 1.81 bits per heavy atom. The molecule has 3 rings (SSSR count). The van der Waals surface area contributed by atoms with Crippen molar-refractivity contribution in [2.45, 2.75) is 38.9 Å². The number of hydrogen-bond donors (Lipinski definition) is 0. The SMILES string of the molecule is CC1(C)OB(/C=C/c2cncc3cccnc23)OC1(C)C. The van der Waals surface area contributed by atoms with Gasteiger partial charge in [0.25, 0.3) is 0 Å². The van der Waals surface area contributed by atoms with E-state index in [1.54, 1.807) is 12.4 Å². The van der Waals surface area contributed by atoms with Crippen LogP contribution >= 0.6 is 0 Å². The Bertz CT molecular complexity index is 676. The molecule has 4 nitrogen and oxygen atoms in total. The molecule has 0 atom stereocenters. The fraction of sp³-hybridized carbons (Fsp3) is 0.375. The largest absolute Gasteiger partial charge is 0.487 e. The molecule has 5 heteroatoms. The highest BCUT2D eigenvalue weighted by Gasteiger charge is 2.49. The molecule has 108 valence electrons. The molecule has 0 amide bonds. The van der Waals surface area contributed by atoms with Crippen molar-refractivity contribution in [1.29, 1.82) is 0 Å². The molecule has 0 aromatic carbocycles. The van der Waals surface area contributed by atoms with Gasteiger partial charge in [0.05, 0.1) is 16.7 Å². The molecule has 0 bridgehead atoms. The average Bonchev–Trinajstić information content (AvgIpc) is 2.64. The Balaban J connectivity index is 1.87. The molecule has 0 aliphatic carbocycles. The van der Waals surface area contributed by atoms with Crippen molar-refractivity contribution in [2.75, 3.05) is 0 Å². The summed E-state index contributed by atoms with van der Waals surface area (Å²) in [6.07, 6.45) is 7.37. The summed E-state index contributed by atoms with van der Waals surface area (Å²) in [5.41, 5.74) is 1.25. The van der Waals surface area contributed by atoms with E-state index in [0.717, 1.165) is 16.5 Å². The van der Waals surface area contributed by atoms with E-state index >= 15 is 0 Å². The zero-order valence-corrected chi connectivity index (χ0v) is 12.8. The maximum atomic E-state index is 5.95. The van der Waals surface area contributed by atoms with E-state index in [1.807, 2.05) is 58.1 Å². The highest BCUT2D eigenvalue weighted by Crippen LogP contribution is 2.37. The smallest absolute Gasteiger partial charge is 0.400 e. The lowest BCUT2D eigenvalue weighted by Crippen LogP contribution is -2.41. The predicted molar refractivity (Wildman–Crippen MR) is 84.7 cm³/mol. The third-order valence-corrected chi connectivity index (χ3v) is 4.24. The molecule has 1 fully saturated rings. The Morgan fingerprint density at radius 3 is 2.52 bits per heavy atom. The summed E-state index contributed by atoms with van der Waals surface area (Å²) in [5.74, 6) is 1.92.